The van der Waals surface area contributed by atoms with Crippen LogP contribution in [-0.2, 0) is 0 Å². The van der Waals surface area contributed by atoms with Crippen LogP contribution in [0.1, 0.15) is 47.3 Å². The first-order valence-electron chi connectivity index (χ1n) is 8.85. The molecule has 1 unspecified atom stereocenters. The second-order valence-electron chi connectivity index (χ2n) is 6.52. The normalized spacial score (nSPS) is 11.4. The first-order valence-corrected chi connectivity index (χ1v) is 8.85. The molecule has 2 aromatic rings. The van der Waals surface area contributed by atoms with Crippen LogP contribution in [0, 0.1) is 0 Å². The molecule has 0 bridgehead atoms. The lowest BCUT2D eigenvalue weighted by molar-refractivity contribution is 0.0947. The third-order valence-electron chi connectivity index (χ3n) is 4.46. The van der Waals surface area contributed by atoms with Gasteiger partial charge in [0.2, 0.25) is 5.75 Å². The Hall–Kier alpha value is -2.44. The summed E-state index contributed by atoms with van der Waals surface area (Å²) in [5, 5.41) is 2.86. The summed E-state index contributed by atoms with van der Waals surface area (Å²) < 4.78 is 15.9. The van der Waals surface area contributed by atoms with E-state index in [1.807, 2.05) is 12.1 Å². The van der Waals surface area contributed by atoms with Crippen LogP contribution in [0.3, 0.4) is 0 Å². The number of halogens is 1. The van der Waals surface area contributed by atoms with E-state index in [1.165, 1.54) is 26.9 Å². The SMILES string of the molecule is COc1ccc(C(=O)NCC(N)c2ccc(C(C)C)cc2)c(OC)c1OC.Cl. The van der Waals surface area contributed by atoms with E-state index in [4.69, 9.17) is 19.9 Å². The van der Waals surface area contributed by atoms with Gasteiger partial charge in [0.1, 0.15) is 0 Å². The number of hydrogen-bond acceptors (Lipinski definition) is 5. The van der Waals surface area contributed by atoms with Crippen molar-refractivity contribution < 1.29 is 19.0 Å². The average molecular weight is 409 g/mol. The van der Waals surface area contributed by atoms with Crippen LogP contribution in [0.4, 0.5) is 0 Å². The van der Waals surface area contributed by atoms with Crippen molar-refractivity contribution in [2.24, 2.45) is 5.73 Å². The number of nitrogens with two attached hydrogens (primary N) is 1. The Morgan fingerprint density at radius 2 is 1.50 bits per heavy atom. The molecule has 1 atom stereocenters. The number of nitrogens with one attached hydrogen (secondary N) is 1. The molecule has 0 fully saturated rings. The number of hydrogen-bond donors (Lipinski definition) is 2. The fourth-order valence-electron chi connectivity index (χ4n) is 2.82. The quantitative estimate of drug-likeness (QED) is 0.696. The van der Waals surface area contributed by atoms with Gasteiger partial charge in [-0.25, -0.2) is 0 Å². The Bertz CT molecular complexity index is 779. The van der Waals surface area contributed by atoms with Crippen molar-refractivity contribution in [3.63, 3.8) is 0 Å². The van der Waals surface area contributed by atoms with Crippen molar-refractivity contribution >= 4 is 18.3 Å². The van der Waals surface area contributed by atoms with Crippen molar-refractivity contribution in [2.45, 2.75) is 25.8 Å². The highest BCUT2D eigenvalue weighted by atomic mass is 35.5. The molecule has 0 spiro atoms. The first-order chi connectivity index (χ1) is 12.9. The number of ether oxygens (including phenoxy) is 3. The fraction of sp³-hybridized carbons (Fsp3) is 0.381. The molecule has 0 radical (unpaired) electrons. The van der Waals surface area contributed by atoms with Gasteiger partial charge in [0, 0.05) is 12.6 Å². The molecule has 0 aliphatic rings. The summed E-state index contributed by atoms with van der Waals surface area (Å²) in [6, 6.07) is 11.1. The number of methoxy groups -OCH3 is 3. The number of amides is 1. The van der Waals surface area contributed by atoms with Crippen LogP contribution in [0.25, 0.3) is 0 Å². The molecular weight excluding hydrogens is 380 g/mol. The molecule has 7 heteroatoms. The first kappa shape index (κ1) is 23.6. The summed E-state index contributed by atoms with van der Waals surface area (Å²) in [5.41, 5.74) is 8.81. The predicted octanol–water partition coefficient (Wildman–Crippen LogP) is 3.69. The zero-order valence-electron chi connectivity index (χ0n) is 16.9. The minimum Gasteiger partial charge on any atom is -0.493 e. The van der Waals surface area contributed by atoms with E-state index in [-0.39, 0.29) is 24.4 Å². The van der Waals surface area contributed by atoms with Gasteiger partial charge in [-0.3, -0.25) is 4.79 Å². The second kappa shape index (κ2) is 10.8. The number of rotatable bonds is 8. The Kier molecular flexibility index (Phi) is 9.09. The molecule has 0 heterocycles. The van der Waals surface area contributed by atoms with Gasteiger partial charge in [-0.05, 0) is 29.2 Å². The third kappa shape index (κ3) is 5.30. The molecule has 2 rings (SSSR count). The number of benzene rings is 2. The molecule has 2 aromatic carbocycles. The maximum Gasteiger partial charge on any atom is 0.255 e. The van der Waals surface area contributed by atoms with Crippen molar-refractivity contribution in [1.82, 2.24) is 5.32 Å². The standard InChI is InChI=1S/C21H28N2O4.ClH/c1-13(2)14-6-8-15(9-7-14)17(22)12-23-21(24)16-10-11-18(25-3)20(27-5)19(16)26-4;/h6-11,13,17H,12,22H2,1-5H3,(H,23,24);1H. The molecule has 3 N–H and O–H groups in total. The lowest BCUT2D eigenvalue weighted by atomic mass is 9.99. The summed E-state index contributed by atoms with van der Waals surface area (Å²) in [7, 11) is 4.51. The zero-order chi connectivity index (χ0) is 20.0. The third-order valence-corrected chi connectivity index (χ3v) is 4.46. The largest absolute Gasteiger partial charge is 0.493 e. The molecule has 0 aliphatic heterocycles. The zero-order valence-corrected chi connectivity index (χ0v) is 17.8. The molecule has 28 heavy (non-hydrogen) atoms. The van der Waals surface area contributed by atoms with E-state index >= 15 is 0 Å². The summed E-state index contributed by atoms with van der Waals surface area (Å²) >= 11 is 0. The molecule has 1 amide bonds. The van der Waals surface area contributed by atoms with Crippen LogP contribution in [0.15, 0.2) is 36.4 Å². The van der Waals surface area contributed by atoms with Gasteiger partial charge in [-0.15, -0.1) is 12.4 Å². The molecule has 0 saturated heterocycles. The van der Waals surface area contributed by atoms with Crippen molar-refractivity contribution in [3.05, 3.63) is 53.1 Å². The monoisotopic (exact) mass is 408 g/mol. The maximum atomic E-state index is 12.6. The minimum absolute atomic E-state index is 0. The molecule has 0 aliphatic carbocycles. The van der Waals surface area contributed by atoms with Gasteiger partial charge >= 0.3 is 0 Å². The van der Waals surface area contributed by atoms with E-state index in [2.05, 4.69) is 31.3 Å². The summed E-state index contributed by atoms with van der Waals surface area (Å²) in [6.07, 6.45) is 0. The van der Waals surface area contributed by atoms with Crippen LogP contribution >= 0.6 is 12.4 Å². The van der Waals surface area contributed by atoms with Crippen molar-refractivity contribution in [1.29, 1.82) is 0 Å². The highest BCUT2D eigenvalue weighted by molar-refractivity contribution is 5.98. The van der Waals surface area contributed by atoms with Crippen molar-refractivity contribution in [3.8, 4) is 17.2 Å². The number of carbonyl (C=O) groups excluding carboxylic acids is 1. The Morgan fingerprint density at radius 3 is 2.00 bits per heavy atom. The average Bonchev–Trinajstić information content (AvgIpc) is 2.70. The molecule has 0 aromatic heterocycles. The Balaban J connectivity index is 0.00000392. The predicted molar refractivity (Wildman–Crippen MR) is 113 cm³/mol. The van der Waals surface area contributed by atoms with Gasteiger partial charge in [-0.1, -0.05) is 38.1 Å². The van der Waals surface area contributed by atoms with Crippen LogP contribution in [0.5, 0.6) is 17.2 Å². The summed E-state index contributed by atoms with van der Waals surface area (Å²) in [5.74, 6) is 1.37. The fourth-order valence-corrected chi connectivity index (χ4v) is 2.82. The lowest BCUT2D eigenvalue weighted by Crippen LogP contribution is -2.32. The van der Waals surface area contributed by atoms with E-state index in [0.717, 1.165) is 5.56 Å². The van der Waals surface area contributed by atoms with Gasteiger partial charge < -0.3 is 25.3 Å². The minimum atomic E-state index is -0.304. The van der Waals surface area contributed by atoms with Gasteiger partial charge in [0.25, 0.3) is 5.91 Å². The van der Waals surface area contributed by atoms with E-state index in [9.17, 15) is 4.79 Å². The van der Waals surface area contributed by atoms with E-state index in [1.54, 1.807) is 12.1 Å². The molecule has 6 nitrogen and oxygen atoms in total. The molecule has 154 valence electrons. The van der Waals surface area contributed by atoms with Gasteiger partial charge in [0.15, 0.2) is 11.5 Å². The van der Waals surface area contributed by atoms with Crippen LogP contribution in [-0.4, -0.2) is 33.8 Å². The van der Waals surface area contributed by atoms with E-state index in [0.29, 0.717) is 35.3 Å². The lowest BCUT2D eigenvalue weighted by Gasteiger charge is -2.17. The highest BCUT2D eigenvalue weighted by Crippen LogP contribution is 2.39. The van der Waals surface area contributed by atoms with Gasteiger partial charge in [0.05, 0.1) is 26.9 Å². The maximum absolute atomic E-state index is 12.6. The smallest absolute Gasteiger partial charge is 0.255 e. The Labute approximate surface area is 172 Å². The van der Waals surface area contributed by atoms with Crippen LogP contribution < -0.4 is 25.3 Å². The van der Waals surface area contributed by atoms with Crippen molar-refractivity contribution in [2.75, 3.05) is 27.9 Å². The second-order valence-corrected chi connectivity index (χ2v) is 6.52. The Morgan fingerprint density at radius 1 is 0.929 bits per heavy atom. The molecule has 0 saturated carbocycles. The van der Waals surface area contributed by atoms with Gasteiger partial charge in [-0.2, -0.15) is 0 Å². The summed E-state index contributed by atoms with van der Waals surface area (Å²) in [4.78, 5) is 12.6. The van der Waals surface area contributed by atoms with E-state index < -0.39 is 0 Å². The highest BCUT2D eigenvalue weighted by Gasteiger charge is 2.21. The molecular formula is C21H29ClN2O4. The number of carbonyl (C=O) groups is 1. The summed E-state index contributed by atoms with van der Waals surface area (Å²) in [6.45, 7) is 4.59. The topological polar surface area (TPSA) is 82.8 Å². The van der Waals surface area contributed by atoms with Crippen LogP contribution in [0.2, 0.25) is 0 Å².